The molecule has 0 spiro atoms. The lowest BCUT2D eigenvalue weighted by atomic mass is 10.4. The molecular formula is C4H6O5S. The maximum atomic E-state index is 10.2. The van der Waals surface area contributed by atoms with E-state index in [-0.39, 0.29) is 0 Å². The Morgan fingerprint density at radius 1 is 1.70 bits per heavy atom. The van der Waals surface area contributed by atoms with Crippen LogP contribution in [0.1, 0.15) is 0 Å². The predicted octanol–water partition coefficient (Wildman–Crippen LogP) is -0.439. The Balaban J connectivity index is 3.78. The first kappa shape index (κ1) is 9.28. The molecule has 0 unspecified atom stereocenters. The highest BCUT2D eigenvalue weighted by Crippen LogP contribution is 1.85. The van der Waals surface area contributed by atoms with Crippen LogP contribution in [0.2, 0.25) is 0 Å². The molecule has 0 saturated heterocycles. The van der Waals surface area contributed by atoms with Gasteiger partial charge in [-0.2, -0.15) is 8.42 Å². The molecule has 0 aliphatic carbocycles. The van der Waals surface area contributed by atoms with Crippen molar-refractivity contribution in [2.24, 2.45) is 0 Å². The maximum Gasteiger partial charge on any atom is 0.397 e. The van der Waals surface area contributed by atoms with E-state index in [1.54, 1.807) is 0 Å². The van der Waals surface area contributed by atoms with Gasteiger partial charge in [0, 0.05) is 0 Å². The Labute approximate surface area is 58.3 Å². The van der Waals surface area contributed by atoms with Gasteiger partial charge in [-0.1, -0.05) is 6.58 Å². The molecule has 0 amide bonds. The summed E-state index contributed by atoms with van der Waals surface area (Å²) in [7, 11) is -4.50. The van der Waals surface area contributed by atoms with Gasteiger partial charge in [0.1, 0.15) is 6.61 Å². The van der Waals surface area contributed by atoms with Crippen molar-refractivity contribution in [3.63, 3.8) is 0 Å². The zero-order chi connectivity index (χ0) is 8.20. The van der Waals surface area contributed by atoms with Crippen molar-refractivity contribution in [3.05, 3.63) is 12.7 Å². The second kappa shape index (κ2) is 3.45. The molecule has 0 atom stereocenters. The van der Waals surface area contributed by atoms with E-state index in [1.165, 1.54) is 0 Å². The van der Waals surface area contributed by atoms with Crippen LogP contribution in [0.25, 0.3) is 0 Å². The van der Waals surface area contributed by atoms with Gasteiger partial charge in [0.05, 0.1) is 0 Å². The van der Waals surface area contributed by atoms with Gasteiger partial charge in [0.25, 0.3) is 0 Å². The SMILES string of the molecule is C=CC(=O)COS(=O)(=O)O. The van der Waals surface area contributed by atoms with E-state index >= 15 is 0 Å². The number of hydrogen-bond donors (Lipinski definition) is 1. The normalized spacial score (nSPS) is 10.9. The Bertz CT molecular complexity index is 226. The molecule has 0 aromatic rings. The molecule has 1 N–H and O–H groups in total. The van der Waals surface area contributed by atoms with Gasteiger partial charge in [0.2, 0.25) is 0 Å². The fourth-order valence-electron chi connectivity index (χ4n) is 0.191. The van der Waals surface area contributed by atoms with Crippen LogP contribution in [-0.2, 0) is 19.4 Å². The molecule has 0 aromatic heterocycles. The van der Waals surface area contributed by atoms with Crippen molar-refractivity contribution in [1.29, 1.82) is 0 Å². The third kappa shape index (κ3) is 5.42. The summed E-state index contributed by atoms with van der Waals surface area (Å²) in [6.45, 7) is 2.35. The lowest BCUT2D eigenvalue weighted by molar-refractivity contribution is -0.116. The van der Waals surface area contributed by atoms with E-state index in [9.17, 15) is 13.2 Å². The molecule has 0 aliphatic heterocycles. The molecular weight excluding hydrogens is 160 g/mol. The van der Waals surface area contributed by atoms with Crippen LogP contribution in [-0.4, -0.2) is 25.4 Å². The average molecular weight is 166 g/mol. The highest BCUT2D eigenvalue weighted by atomic mass is 32.3. The zero-order valence-electron chi connectivity index (χ0n) is 4.98. The second-order valence-electron chi connectivity index (χ2n) is 1.36. The molecule has 58 valence electrons. The van der Waals surface area contributed by atoms with Crippen LogP contribution in [0.15, 0.2) is 12.7 Å². The van der Waals surface area contributed by atoms with Gasteiger partial charge in [0.15, 0.2) is 5.78 Å². The highest BCUT2D eigenvalue weighted by molar-refractivity contribution is 7.80. The van der Waals surface area contributed by atoms with E-state index in [0.717, 1.165) is 6.08 Å². The number of carbonyl (C=O) groups excluding carboxylic acids is 1. The Hall–Kier alpha value is -0.720. The minimum absolute atomic E-state index is 0.613. The number of ketones is 1. The lowest BCUT2D eigenvalue weighted by Gasteiger charge is -1.93. The summed E-state index contributed by atoms with van der Waals surface area (Å²) in [4.78, 5) is 10.2. The number of hydrogen-bond acceptors (Lipinski definition) is 4. The second-order valence-corrected chi connectivity index (χ2v) is 2.45. The van der Waals surface area contributed by atoms with Crippen LogP contribution in [0.3, 0.4) is 0 Å². The van der Waals surface area contributed by atoms with Crippen molar-refractivity contribution in [1.82, 2.24) is 0 Å². The first-order chi connectivity index (χ1) is 4.45. The molecule has 0 fully saturated rings. The third-order valence-electron chi connectivity index (χ3n) is 0.578. The quantitative estimate of drug-likeness (QED) is 0.452. The molecule has 0 radical (unpaired) electrons. The zero-order valence-corrected chi connectivity index (χ0v) is 5.80. The third-order valence-corrected chi connectivity index (χ3v) is 0.993. The Morgan fingerprint density at radius 3 is 2.50 bits per heavy atom. The van der Waals surface area contributed by atoms with Gasteiger partial charge in [-0.05, 0) is 6.08 Å². The molecule has 10 heavy (non-hydrogen) atoms. The summed E-state index contributed by atoms with van der Waals surface area (Å²) in [5.41, 5.74) is 0. The van der Waals surface area contributed by atoms with Crippen LogP contribution < -0.4 is 0 Å². The first-order valence-corrected chi connectivity index (χ1v) is 3.59. The fraction of sp³-hybridized carbons (Fsp3) is 0.250. The van der Waals surface area contributed by atoms with Gasteiger partial charge in [-0.25, -0.2) is 4.18 Å². The van der Waals surface area contributed by atoms with E-state index in [1.807, 2.05) is 0 Å². The van der Waals surface area contributed by atoms with Crippen molar-refractivity contribution in [2.75, 3.05) is 6.61 Å². The number of rotatable bonds is 4. The molecule has 0 aromatic carbocycles. The minimum atomic E-state index is -4.50. The topological polar surface area (TPSA) is 80.7 Å². The van der Waals surface area contributed by atoms with Crippen LogP contribution >= 0.6 is 0 Å². The summed E-state index contributed by atoms with van der Waals surface area (Å²) >= 11 is 0. The van der Waals surface area contributed by atoms with Crippen molar-refractivity contribution in [2.45, 2.75) is 0 Å². The fourth-order valence-corrected chi connectivity index (χ4v) is 0.457. The smallest absolute Gasteiger partial charge is 0.292 e. The first-order valence-electron chi connectivity index (χ1n) is 2.23. The van der Waals surface area contributed by atoms with Gasteiger partial charge >= 0.3 is 10.4 Å². The molecule has 6 heteroatoms. The predicted molar refractivity (Wildman–Crippen MR) is 32.7 cm³/mol. The van der Waals surface area contributed by atoms with Crippen molar-refractivity contribution in [3.8, 4) is 0 Å². The van der Waals surface area contributed by atoms with Crippen LogP contribution in [0.5, 0.6) is 0 Å². The van der Waals surface area contributed by atoms with E-state index in [0.29, 0.717) is 0 Å². The summed E-state index contributed by atoms with van der Waals surface area (Å²) in [5, 5.41) is 0. The van der Waals surface area contributed by atoms with Crippen molar-refractivity contribution < 1.29 is 21.9 Å². The largest absolute Gasteiger partial charge is 0.397 e. The maximum absolute atomic E-state index is 10.2. The molecule has 0 saturated carbocycles. The Morgan fingerprint density at radius 2 is 2.20 bits per heavy atom. The molecule has 0 heterocycles. The van der Waals surface area contributed by atoms with Gasteiger partial charge in [-0.15, -0.1) is 0 Å². The van der Waals surface area contributed by atoms with Gasteiger partial charge in [-0.3, -0.25) is 9.35 Å². The standard InChI is InChI=1S/C4H6O5S/c1-2-4(5)3-9-10(6,7)8/h2H,1,3H2,(H,6,7,8). The Kier molecular flexibility index (Phi) is 3.20. The minimum Gasteiger partial charge on any atom is -0.292 e. The summed E-state index contributed by atoms with van der Waals surface area (Å²) in [5.74, 6) is -0.613. The molecule has 0 bridgehead atoms. The number of carbonyl (C=O) groups is 1. The summed E-state index contributed by atoms with van der Waals surface area (Å²) in [6.07, 6.45) is 0.894. The monoisotopic (exact) mass is 166 g/mol. The lowest BCUT2D eigenvalue weighted by Crippen LogP contribution is -2.10. The van der Waals surface area contributed by atoms with E-state index in [2.05, 4.69) is 10.8 Å². The van der Waals surface area contributed by atoms with Gasteiger partial charge < -0.3 is 0 Å². The summed E-state index contributed by atoms with van der Waals surface area (Å²) in [6, 6.07) is 0. The molecule has 0 aliphatic rings. The van der Waals surface area contributed by atoms with Crippen molar-refractivity contribution >= 4 is 16.2 Å². The highest BCUT2D eigenvalue weighted by Gasteiger charge is 2.05. The van der Waals surface area contributed by atoms with Crippen LogP contribution in [0, 0.1) is 0 Å². The van der Waals surface area contributed by atoms with E-state index in [4.69, 9.17) is 4.55 Å². The van der Waals surface area contributed by atoms with Crippen LogP contribution in [0.4, 0.5) is 0 Å². The van der Waals surface area contributed by atoms with E-state index < -0.39 is 22.8 Å². The molecule has 0 rings (SSSR count). The summed E-state index contributed by atoms with van der Waals surface area (Å²) < 4.78 is 31.2. The molecule has 5 nitrogen and oxygen atoms in total. The average Bonchev–Trinajstić information content (AvgIpc) is 1.81.